The van der Waals surface area contributed by atoms with Gasteiger partial charge in [0.1, 0.15) is 12.2 Å². The Balaban J connectivity index is 2.51. The molecule has 1 rings (SSSR count). The van der Waals surface area contributed by atoms with Gasteiger partial charge in [-0.15, -0.1) is 0 Å². The number of nitrogens with zero attached hydrogens (tertiary/aromatic N) is 3. The minimum absolute atomic E-state index is 0.234. The van der Waals surface area contributed by atoms with Crippen molar-refractivity contribution in [3.05, 3.63) is 12.2 Å². The zero-order chi connectivity index (χ0) is 11.3. The second-order valence-electron chi connectivity index (χ2n) is 4.29. The van der Waals surface area contributed by atoms with Gasteiger partial charge in [0, 0.05) is 13.0 Å². The molecule has 0 amide bonds. The van der Waals surface area contributed by atoms with Crippen molar-refractivity contribution >= 4 is 0 Å². The summed E-state index contributed by atoms with van der Waals surface area (Å²) in [4.78, 5) is 4.25. The molecule has 0 saturated heterocycles. The molecular formula is C11H21N3O. The second kappa shape index (κ2) is 5.85. The van der Waals surface area contributed by atoms with E-state index in [1.807, 2.05) is 11.6 Å². The third-order valence-corrected chi connectivity index (χ3v) is 2.41. The fraction of sp³-hybridized carbons (Fsp3) is 0.818. The monoisotopic (exact) mass is 211 g/mol. The van der Waals surface area contributed by atoms with E-state index in [9.17, 15) is 5.11 Å². The largest absolute Gasteiger partial charge is 0.393 e. The van der Waals surface area contributed by atoms with E-state index in [1.165, 1.54) is 0 Å². The van der Waals surface area contributed by atoms with Gasteiger partial charge in [-0.25, -0.2) is 4.98 Å². The lowest BCUT2D eigenvalue weighted by Gasteiger charge is -2.13. The van der Waals surface area contributed by atoms with Gasteiger partial charge in [0.2, 0.25) is 0 Å². The van der Waals surface area contributed by atoms with Crippen molar-refractivity contribution in [1.82, 2.24) is 14.8 Å². The van der Waals surface area contributed by atoms with E-state index in [0.29, 0.717) is 5.92 Å². The predicted octanol–water partition coefficient (Wildman–Crippen LogP) is 1.64. The van der Waals surface area contributed by atoms with Crippen LogP contribution in [0.1, 0.15) is 39.4 Å². The molecule has 0 bridgehead atoms. The van der Waals surface area contributed by atoms with Gasteiger partial charge in [0.15, 0.2) is 0 Å². The highest BCUT2D eigenvalue weighted by Crippen LogP contribution is 2.12. The number of aromatic nitrogens is 3. The van der Waals surface area contributed by atoms with Crippen LogP contribution in [0.3, 0.4) is 0 Å². The van der Waals surface area contributed by atoms with Crippen LogP contribution in [0.25, 0.3) is 0 Å². The molecule has 0 aliphatic rings. The molecule has 0 fully saturated rings. The molecule has 0 radical (unpaired) electrons. The van der Waals surface area contributed by atoms with Gasteiger partial charge in [0.25, 0.3) is 0 Å². The summed E-state index contributed by atoms with van der Waals surface area (Å²) >= 11 is 0. The first-order chi connectivity index (χ1) is 7.13. The molecule has 0 aliphatic heterocycles. The van der Waals surface area contributed by atoms with Crippen LogP contribution in [0.4, 0.5) is 0 Å². The lowest BCUT2D eigenvalue weighted by atomic mass is 10.0. The molecule has 0 aromatic carbocycles. The maximum absolute atomic E-state index is 9.28. The third kappa shape index (κ3) is 4.00. The molecule has 15 heavy (non-hydrogen) atoms. The van der Waals surface area contributed by atoms with Crippen molar-refractivity contribution in [2.75, 3.05) is 0 Å². The van der Waals surface area contributed by atoms with E-state index >= 15 is 0 Å². The number of rotatable bonds is 6. The van der Waals surface area contributed by atoms with Crippen LogP contribution in [0.2, 0.25) is 0 Å². The van der Waals surface area contributed by atoms with Crippen LogP contribution in [-0.2, 0) is 13.0 Å². The van der Waals surface area contributed by atoms with E-state index in [4.69, 9.17) is 0 Å². The molecule has 0 aliphatic carbocycles. The molecule has 0 spiro atoms. The first-order valence-corrected chi connectivity index (χ1v) is 5.68. The minimum Gasteiger partial charge on any atom is -0.393 e. The van der Waals surface area contributed by atoms with Crippen LogP contribution in [0, 0.1) is 5.92 Å². The summed E-state index contributed by atoms with van der Waals surface area (Å²) in [6, 6.07) is 0. The molecule has 2 unspecified atom stereocenters. The average Bonchev–Trinajstić information content (AvgIpc) is 2.52. The summed E-state index contributed by atoms with van der Waals surface area (Å²) in [5.41, 5.74) is 0. The molecular weight excluding hydrogens is 190 g/mol. The molecule has 1 heterocycles. The molecule has 0 saturated carbocycles. The summed E-state index contributed by atoms with van der Waals surface area (Å²) in [5, 5.41) is 13.5. The normalized spacial score (nSPS) is 15.2. The fourth-order valence-electron chi connectivity index (χ4n) is 1.82. The van der Waals surface area contributed by atoms with Crippen molar-refractivity contribution in [2.45, 2.75) is 52.7 Å². The van der Waals surface area contributed by atoms with Crippen molar-refractivity contribution in [1.29, 1.82) is 0 Å². The van der Waals surface area contributed by atoms with Gasteiger partial charge < -0.3 is 5.11 Å². The van der Waals surface area contributed by atoms with Gasteiger partial charge in [-0.05, 0) is 25.7 Å². The molecule has 1 aromatic rings. The Labute approximate surface area is 91.3 Å². The van der Waals surface area contributed by atoms with E-state index in [-0.39, 0.29) is 6.10 Å². The lowest BCUT2D eigenvalue weighted by Crippen LogP contribution is -2.13. The highest BCUT2D eigenvalue weighted by atomic mass is 16.3. The van der Waals surface area contributed by atoms with Gasteiger partial charge in [-0.1, -0.05) is 13.8 Å². The van der Waals surface area contributed by atoms with Crippen molar-refractivity contribution in [3.63, 3.8) is 0 Å². The Morgan fingerprint density at radius 1 is 1.47 bits per heavy atom. The zero-order valence-corrected chi connectivity index (χ0v) is 9.85. The summed E-state index contributed by atoms with van der Waals surface area (Å²) in [6.07, 6.45) is 4.16. The van der Waals surface area contributed by atoms with Gasteiger partial charge in [-0.3, -0.25) is 4.68 Å². The number of aliphatic hydroxyl groups is 1. The Kier molecular flexibility index (Phi) is 4.75. The van der Waals surface area contributed by atoms with Gasteiger partial charge >= 0.3 is 0 Å². The Morgan fingerprint density at radius 3 is 2.80 bits per heavy atom. The minimum atomic E-state index is -0.234. The molecule has 2 atom stereocenters. The van der Waals surface area contributed by atoms with Crippen LogP contribution in [0.5, 0.6) is 0 Å². The van der Waals surface area contributed by atoms with E-state index < -0.39 is 0 Å². The van der Waals surface area contributed by atoms with Gasteiger partial charge in [-0.2, -0.15) is 5.10 Å². The van der Waals surface area contributed by atoms with Crippen molar-refractivity contribution in [3.8, 4) is 0 Å². The average molecular weight is 211 g/mol. The van der Waals surface area contributed by atoms with Crippen molar-refractivity contribution in [2.24, 2.45) is 5.92 Å². The van der Waals surface area contributed by atoms with Crippen LogP contribution in [0.15, 0.2) is 6.33 Å². The number of hydrogen-bond donors (Lipinski definition) is 1. The summed E-state index contributed by atoms with van der Waals surface area (Å²) in [5.74, 6) is 1.48. The third-order valence-electron chi connectivity index (χ3n) is 2.41. The number of hydrogen-bond acceptors (Lipinski definition) is 3. The van der Waals surface area contributed by atoms with Crippen molar-refractivity contribution < 1.29 is 5.11 Å². The number of aryl methyl sites for hydroxylation is 1. The van der Waals surface area contributed by atoms with Crippen LogP contribution >= 0.6 is 0 Å². The Hall–Kier alpha value is -0.900. The standard InChI is InChI=1S/C11H21N3O/c1-4-5-14-11(12-8-13-14)7-9(2)6-10(3)15/h8-10,15H,4-7H2,1-3H3. The highest BCUT2D eigenvalue weighted by molar-refractivity contribution is 4.86. The van der Waals surface area contributed by atoms with E-state index in [2.05, 4.69) is 23.9 Å². The highest BCUT2D eigenvalue weighted by Gasteiger charge is 2.11. The summed E-state index contributed by atoms with van der Waals surface area (Å²) in [6.45, 7) is 7.02. The molecule has 4 nitrogen and oxygen atoms in total. The topological polar surface area (TPSA) is 50.9 Å². The van der Waals surface area contributed by atoms with Crippen LogP contribution in [-0.4, -0.2) is 26.0 Å². The first-order valence-electron chi connectivity index (χ1n) is 5.68. The maximum Gasteiger partial charge on any atom is 0.138 e. The molecule has 1 N–H and O–H groups in total. The van der Waals surface area contributed by atoms with Crippen LogP contribution < -0.4 is 0 Å². The van der Waals surface area contributed by atoms with E-state index in [1.54, 1.807) is 6.33 Å². The van der Waals surface area contributed by atoms with Gasteiger partial charge in [0.05, 0.1) is 6.10 Å². The molecule has 86 valence electrons. The Morgan fingerprint density at radius 2 is 2.20 bits per heavy atom. The fourth-order valence-corrected chi connectivity index (χ4v) is 1.82. The Bertz CT molecular complexity index is 283. The summed E-state index contributed by atoms with van der Waals surface area (Å²) < 4.78 is 1.96. The summed E-state index contributed by atoms with van der Waals surface area (Å²) in [7, 11) is 0. The zero-order valence-electron chi connectivity index (χ0n) is 9.85. The maximum atomic E-state index is 9.28. The predicted molar refractivity (Wildman–Crippen MR) is 59.5 cm³/mol. The lowest BCUT2D eigenvalue weighted by molar-refractivity contribution is 0.163. The smallest absolute Gasteiger partial charge is 0.138 e. The SMILES string of the molecule is CCCn1ncnc1CC(C)CC(C)O. The molecule has 4 heteroatoms. The molecule has 1 aromatic heterocycles. The quantitative estimate of drug-likeness (QED) is 0.778. The first kappa shape index (κ1) is 12.2. The second-order valence-corrected chi connectivity index (χ2v) is 4.29. The van der Waals surface area contributed by atoms with E-state index in [0.717, 1.165) is 31.6 Å². The number of aliphatic hydroxyl groups excluding tert-OH is 1.